The van der Waals surface area contributed by atoms with E-state index >= 15 is 0 Å². The average molecular weight is 301 g/mol. The van der Waals surface area contributed by atoms with Crippen molar-refractivity contribution in [1.82, 2.24) is 10.2 Å². The molecule has 4 nitrogen and oxygen atoms in total. The number of nitrogens with zero attached hydrogens (tertiary/aromatic N) is 1. The van der Waals surface area contributed by atoms with Crippen molar-refractivity contribution in [3.05, 3.63) is 33.8 Å². The lowest BCUT2D eigenvalue weighted by Gasteiger charge is -2.31. The Morgan fingerprint density at radius 1 is 1.26 bits per heavy atom. The smallest absolute Gasteiger partial charge is 0.306 e. The quantitative estimate of drug-likeness (QED) is 0.872. The van der Waals surface area contributed by atoms with Gasteiger partial charge in [0.15, 0.2) is 0 Å². The fourth-order valence-electron chi connectivity index (χ4n) is 2.09. The van der Waals surface area contributed by atoms with Gasteiger partial charge in [-0.3, -0.25) is 10.1 Å². The largest absolute Gasteiger partial charge is 0.325 e. The molecule has 0 aromatic heterocycles. The van der Waals surface area contributed by atoms with Crippen LogP contribution in [0, 0.1) is 0 Å². The van der Waals surface area contributed by atoms with Gasteiger partial charge < -0.3 is 4.90 Å². The topological polar surface area (TPSA) is 49.4 Å². The molecule has 1 aromatic carbocycles. The molecule has 6 heteroatoms. The summed E-state index contributed by atoms with van der Waals surface area (Å²) in [6, 6.07) is 4.75. The molecule has 1 heterocycles. The van der Waals surface area contributed by atoms with Gasteiger partial charge >= 0.3 is 6.03 Å². The van der Waals surface area contributed by atoms with Crippen LogP contribution >= 0.6 is 23.2 Å². The Hall–Kier alpha value is -1.26. The highest BCUT2D eigenvalue weighted by molar-refractivity contribution is 6.36. The van der Waals surface area contributed by atoms with E-state index in [-0.39, 0.29) is 12.5 Å². The number of rotatable bonds is 3. The van der Waals surface area contributed by atoms with Gasteiger partial charge in [-0.25, -0.2) is 4.79 Å². The minimum atomic E-state index is -0.862. The van der Waals surface area contributed by atoms with Gasteiger partial charge in [0.2, 0.25) is 0 Å². The highest BCUT2D eigenvalue weighted by atomic mass is 35.5. The lowest BCUT2D eigenvalue weighted by atomic mass is 9.97. The van der Waals surface area contributed by atoms with Crippen molar-refractivity contribution in [2.45, 2.75) is 32.4 Å². The van der Waals surface area contributed by atoms with Gasteiger partial charge in [-0.1, -0.05) is 36.2 Å². The monoisotopic (exact) mass is 300 g/mol. The van der Waals surface area contributed by atoms with E-state index in [2.05, 4.69) is 5.32 Å². The molecule has 1 aromatic rings. The maximum absolute atomic E-state index is 11.9. The first kappa shape index (κ1) is 14.2. The predicted octanol–water partition coefficient (Wildman–Crippen LogP) is 3.21. The fraction of sp³-hybridized carbons (Fsp3) is 0.385. The molecule has 102 valence electrons. The molecular formula is C13H14Cl2N2O2. The number of carbonyl (C=O) groups excluding carboxylic acids is 2. The normalized spacial score (nSPS) is 22.8. The first-order valence-corrected chi connectivity index (χ1v) is 6.71. The van der Waals surface area contributed by atoms with Crippen molar-refractivity contribution in [2.24, 2.45) is 0 Å². The highest BCUT2D eigenvalue weighted by Crippen LogP contribution is 2.32. The fourth-order valence-corrected chi connectivity index (χ4v) is 2.60. The van der Waals surface area contributed by atoms with Crippen LogP contribution in [-0.2, 0) is 11.3 Å². The molecule has 1 aliphatic heterocycles. The Morgan fingerprint density at radius 2 is 1.84 bits per heavy atom. The molecule has 19 heavy (non-hydrogen) atoms. The molecule has 1 N–H and O–H groups in total. The van der Waals surface area contributed by atoms with Gasteiger partial charge in [0, 0.05) is 15.6 Å². The third kappa shape index (κ3) is 2.30. The lowest BCUT2D eigenvalue weighted by Crippen LogP contribution is -2.46. The standard InChI is InChI=1S/C13H14Cl2N2O2/c1-3-13(2)11(18)16-12(19)17(13)7-8-9(14)5-4-6-10(8)15/h4-6H,3,7H2,1-2H3,(H,16,18,19). The molecule has 0 aliphatic carbocycles. The second kappa shape index (κ2) is 5.02. The first-order valence-electron chi connectivity index (χ1n) is 5.96. The number of imide groups is 1. The molecule has 1 fully saturated rings. The second-order valence-electron chi connectivity index (χ2n) is 4.67. The SMILES string of the molecule is CCC1(C)C(=O)NC(=O)N1Cc1c(Cl)cccc1Cl. The summed E-state index contributed by atoms with van der Waals surface area (Å²) >= 11 is 12.2. The summed E-state index contributed by atoms with van der Waals surface area (Å²) in [6.45, 7) is 3.80. The summed E-state index contributed by atoms with van der Waals surface area (Å²) in [6.07, 6.45) is 0.520. The van der Waals surface area contributed by atoms with Crippen LogP contribution in [0.5, 0.6) is 0 Å². The van der Waals surface area contributed by atoms with Gasteiger partial charge in [-0.05, 0) is 25.5 Å². The molecule has 3 amide bonds. The van der Waals surface area contributed by atoms with Crippen LogP contribution < -0.4 is 5.32 Å². The van der Waals surface area contributed by atoms with Gasteiger partial charge in [0.1, 0.15) is 5.54 Å². The van der Waals surface area contributed by atoms with Crippen LogP contribution in [0.25, 0.3) is 0 Å². The maximum Gasteiger partial charge on any atom is 0.325 e. The maximum atomic E-state index is 11.9. The van der Waals surface area contributed by atoms with E-state index in [1.807, 2.05) is 6.92 Å². The third-order valence-corrected chi connectivity index (χ3v) is 4.33. The lowest BCUT2D eigenvalue weighted by molar-refractivity contribution is -0.126. The zero-order valence-corrected chi connectivity index (χ0v) is 12.2. The van der Waals surface area contributed by atoms with E-state index in [1.165, 1.54) is 4.90 Å². The molecule has 0 saturated carbocycles. The molecule has 1 atom stereocenters. The predicted molar refractivity (Wildman–Crippen MR) is 74.2 cm³/mol. The number of halogens is 2. The molecule has 2 rings (SSSR count). The number of amides is 3. The van der Waals surface area contributed by atoms with Crippen molar-refractivity contribution in [3.63, 3.8) is 0 Å². The summed E-state index contributed by atoms with van der Waals surface area (Å²) in [5.41, 5.74) is -0.213. The van der Waals surface area contributed by atoms with E-state index in [9.17, 15) is 9.59 Å². The summed E-state index contributed by atoms with van der Waals surface area (Å²) < 4.78 is 0. The molecular weight excluding hydrogens is 287 g/mol. The van der Waals surface area contributed by atoms with Crippen molar-refractivity contribution in [3.8, 4) is 0 Å². The summed E-state index contributed by atoms with van der Waals surface area (Å²) in [4.78, 5) is 25.2. The van der Waals surface area contributed by atoms with Crippen LogP contribution in [0.2, 0.25) is 10.0 Å². The van der Waals surface area contributed by atoms with Crippen LogP contribution in [0.15, 0.2) is 18.2 Å². The van der Waals surface area contributed by atoms with Gasteiger partial charge in [0.05, 0.1) is 6.54 Å². The van der Waals surface area contributed by atoms with Crippen molar-refractivity contribution in [1.29, 1.82) is 0 Å². The zero-order valence-electron chi connectivity index (χ0n) is 10.7. The molecule has 0 radical (unpaired) electrons. The minimum absolute atomic E-state index is 0.209. The van der Waals surface area contributed by atoms with Crippen molar-refractivity contribution < 1.29 is 9.59 Å². The Bertz CT molecular complexity index is 527. The van der Waals surface area contributed by atoms with E-state index in [1.54, 1.807) is 25.1 Å². The van der Waals surface area contributed by atoms with Crippen LogP contribution in [0.3, 0.4) is 0 Å². The summed E-state index contributed by atoms with van der Waals surface area (Å²) in [5, 5.41) is 3.30. The van der Waals surface area contributed by atoms with Crippen LogP contribution in [0.1, 0.15) is 25.8 Å². The third-order valence-electron chi connectivity index (χ3n) is 3.62. The number of nitrogens with one attached hydrogen (secondary N) is 1. The average Bonchev–Trinajstić information content (AvgIpc) is 2.57. The highest BCUT2D eigenvalue weighted by Gasteiger charge is 2.47. The van der Waals surface area contributed by atoms with Gasteiger partial charge in [-0.2, -0.15) is 0 Å². The molecule has 1 saturated heterocycles. The number of hydrogen-bond donors (Lipinski definition) is 1. The number of carbonyl (C=O) groups is 2. The number of urea groups is 1. The van der Waals surface area contributed by atoms with Gasteiger partial charge in [0.25, 0.3) is 5.91 Å². The van der Waals surface area contributed by atoms with E-state index < -0.39 is 11.6 Å². The molecule has 0 bridgehead atoms. The Morgan fingerprint density at radius 3 is 2.37 bits per heavy atom. The van der Waals surface area contributed by atoms with E-state index in [0.717, 1.165) is 0 Å². The molecule has 0 spiro atoms. The summed E-state index contributed by atoms with van der Waals surface area (Å²) in [7, 11) is 0. The van der Waals surface area contributed by atoms with Crippen LogP contribution in [-0.4, -0.2) is 22.4 Å². The van der Waals surface area contributed by atoms with Gasteiger partial charge in [-0.15, -0.1) is 0 Å². The Balaban J connectivity index is 2.37. The zero-order chi connectivity index (χ0) is 14.2. The minimum Gasteiger partial charge on any atom is -0.306 e. The van der Waals surface area contributed by atoms with Crippen molar-refractivity contribution >= 4 is 35.1 Å². The molecule has 1 unspecified atom stereocenters. The van der Waals surface area contributed by atoms with Crippen LogP contribution in [0.4, 0.5) is 4.79 Å². The van der Waals surface area contributed by atoms with Crippen molar-refractivity contribution in [2.75, 3.05) is 0 Å². The second-order valence-corrected chi connectivity index (χ2v) is 5.49. The first-order chi connectivity index (χ1) is 8.90. The van der Waals surface area contributed by atoms with E-state index in [0.29, 0.717) is 22.0 Å². The Labute approximate surface area is 121 Å². The number of benzene rings is 1. The number of hydrogen-bond acceptors (Lipinski definition) is 2. The Kier molecular flexibility index (Phi) is 3.74. The molecule has 1 aliphatic rings. The van der Waals surface area contributed by atoms with E-state index in [4.69, 9.17) is 23.2 Å². The summed E-state index contributed by atoms with van der Waals surface area (Å²) in [5.74, 6) is -0.289.